The predicted octanol–water partition coefficient (Wildman–Crippen LogP) is 4.50. The lowest BCUT2D eigenvalue weighted by Crippen LogP contribution is -2.22. The van der Waals surface area contributed by atoms with Crippen LogP contribution in [-0.4, -0.2) is 35.4 Å². The molecule has 164 valence electrons. The fourth-order valence-electron chi connectivity index (χ4n) is 3.25. The number of ether oxygens (including phenoxy) is 2. The molecular formula is C23H21N3O4S2. The molecule has 0 unspecified atom stereocenters. The number of hydrogen-bond acceptors (Lipinski definition) is 7. The summed E-state index contributed by atoms with van der Waals surface area (Å²) in [5.41, 5.74) is 2.59. The van der Waals surface area contributed by atoms with Gasteiger partial charge in [-0.2, -0.15) is 0 Å². The highest BCUT2D eigenvalue weighted by molar-refractivity contribution is 7.99. The monoisotopic (exact) mass is 467 g/mol. The SMILES string of the molecule is COc1ccc(C)cc1NC(=O)CSc1nc2ccsc2c(=O)n1-c1ccccc1OC. The first kappa shape index (κ1) is 21.9. The number of benzene rings is 2. The fraction of sp³-hybridized carbons (Fsp3) is 0.174. The standard InChI is InChI=1S/C23H21N3O4S2/c1-14-8-9-18(29-2)16(12-14)24-20(27)13-32-23-25-15-10-11-31-21(15)22(28)26(23)17-6-4-5-7-19(17)30-3/h4-12H,13H2,1-3H3,(H,24,27). The molecule has 0 aliphatic heterocycles. The summed E-state index contributed by atoms with van der Waals surface area (Å²) in [6.07, 6.45) is 0. The number of thioether (sulfide) groups is 1. The Labute approximate surface area is 193 Å². The Morgan fingerprint density at radius 2 is 1.91 bits per heavy atom. The van der Waals surface area contributed by atoms with Crippen LogP contribution >= 0.6 is 23.1 Å². The maximum absolute atomic E-state index is 13.3. The lowest BCUT2D eigenvalue weighted by atomic mass is 10.2. The quantitative estimate of drug-likeness (QED) is 0.318. The first-order valence-electron chi connectivity index (χ1n) is 9.72. The van der Waals surface area contributed by atoms with Gasteiger partial charge in [-0.05, 0) is 48.2 Å². The van der Waals surface area contributed by atoms with E-state index in [2.05, 4.69) is 10.3 Å². The van der Waals surface area contributed by atoms with E-state index in [0.717, 1.165) is 5.56 Å². The summed E-state index contributed by atoms with van der Waals surface area (Å²) in [4.78, 5) is 30.6. The van der Waals surface area contributed by atoms with E-state index in [9.17, 15) is 9.59 Å². The third-order valence-electron chi connectivity index (χ3n) is 4.74. The molecule has 0 aliphatic rings. The second kappa shape index (κ2) is 9.46. The van der Waals surface area contributed by atoms with Crippen LogP contribution in [0.2, 0.25) is 0 Å². The highest BCUT2D eigenvalue weighted by Gasteiger charge is 2.18. The van der Waals surface area contributed by atoms with Gasteiger partial charge >= 0.3 is 0 Å². The molecule has 2 heterocycles. The van der Waals surface area contributed by atoms with Crippen LogP contribution in [-0.2, 0) is 4.79 Å². The van der Waals surface area contributed by atoms with Crippen LogP contribution in [0.15, 0.2) is 63.9 Å². The summed E-state index contributed by atoms with van der Waals surface area (Å²) >= 11 is 2.52. The number of hydrogen-bond donors (Lipinski definition) is 1. The smallest absolute Gasteiger partial charge is 0.276 e. The average molecular weight is 468 g/mol. The summed E-state index contributed by atoms with van der Waals surface area (Å²) in [6.45, 7) is 1.94. The van der Waals surface area contributed by atoms with Crippen LogP contribution < -0.4 is 20.3 Å². The number of aryl methyl sites for hydroxylation is 1. The van der Waals surface area contributed by atoms with E-state index in [1.54, 1.807) is 32.4 Å². The van der Waals surface area contributed by atoms with Crippen molar-refractivity contribution in [2.75, 3.05) is 25.3 Å². The number of fused-ring (bicyclic) bond motifs is 1. The van der Waals surface area contributed by atoms with Crippen molar-refractivity contribution in [3.05, 3.63) is 69.8 Å². The van der Waals surface area contributed by atoms with E-state index in [4.69, 9.17) is 9.47 Å². The summed E-state index contributed by atoms with van der Waals surface area (Å²) in [7, 11) is 3.11. The normalized spacial score (nSPS) is 10.8. The maximum atomic E-state index is 13.3. The zero-order valence-corrected chi connectivity index (χ0v) is 19.4. The lowest BCUT2D eigenvalue weighted by molar-refractivity contribution is -0.113. The highest BCUT2D eigenvalue weighted by atomic mass is 32.2. The summed E-state index contributed by atoms with van der Waals surface area (Å²) in [5.74, 6) is 0.958. The second-order valence-electron chi connectivity index (χ2n) is 6.88. The Balaban J connectivity index is 1.67. The number of para-hydroxylation sites is 2. The van der Waals surface area contributed by atoms with Crippen molar-refractivity contribution in [3.63, 3.8) is 0 Å². The largest absolute Gasteiger partial charge is 0.495 e. The number of anilines is 1. The topological polar surface area (TPSA) is 82.5 Å². The van der Waals surface area contributed by atoms with Gasteiger partial charge in [-0.3, -0.25) is 14.2 Å². The summed E-state index contributed by atoms with van der Waals surface area (Å²) in [5, 5.41) is 5.12. The Bertz CT molecular complexity index is 1350. The molecular weight excluding hydrogens is 446 g/mol. The number of nitrogens with zero attached hydrogens (tertiary/aromatic N) is 2. The molecule has 0 radical (unpaired) electrons. The molecule has 32 heavy (non-hydrogen) atoms. The first-order valence-corrected chi connectivity index (χ1v) is 11.6. The molecule has 2 aromatic carbocycles. The van der Waals surface area contributed by atoms with E-state index in [1.807, 2.05) is 42.6 Å². The minimum atomic E-state index is -0.231. The van der Waals surface area contributed by atoms with Gasteiger partial charge in [0.05, 0.1) is 36.9 Å². The summed E-state index contributed by atoms with van der Waals surface area (Å²) < 4.78 is 12.8. The second-order valence-corrected chi connectivity index (χ2v) is 8.74. The van der Waals surface area contributed by atoms with Crippen molar-refractivity contribution in [2.45, 2.75) is 12.1 Å². The van der Waals surface area contributed by atoms with Crippen LogP contribution in [0.3, 0.4) is 0 Å². The Hall–Kier alpha value is -3.30. The fourth-order valence-corrected chi connectivity index (χ4v) is 4.82. The van der Waals surface area contributed by atoms with Crippen LogP contribution in [0.5, 0.6) is 11.5 Å². The number of nitrogens with one attached hydrogen (secondary N) is 1. The third kappa shape index (κ3) is 4.35. The van der Waals surface area contributed by atoms with Crippen LogP contribution in [0.4, 0.5) is 5.69 Å². The molecule has 9 heteroatoms. The molecule has 4 aromatic rings. The van der Waals surface area contributed by atoms with Crippen molar-refractivity contribution in [3.8, 4) is 17.2 Å². The van der Waals surface area contributed by atoms with Crippen LogP contribution in [0, 0.1) is 6.92 Å². The van der Waals surface area contributed by atoms with Crippen molar-refractivity contribution in [2.24, 2.45) is 0 Å². The number of methoxy groups -OCH3 is 2. The van der Waals surface area contributed by atoms with Gasteiger partial charge in [-0.1, -0.05) is 30.0 Å². The highest BCUT2D eigenvalue weighted by Crippen LogP contribution is 2.29. The van der Waals surface area contributed by atoms with E-state index in [-0.39, 0.29) is 17.2 Å². The van der Waals surface area contributed by atoms with Crippen molar-refractivity contribution >= 4 is 44.9 Å². The van der Waals surface area contributed by atoms with Gasteiger partial charge in [0.15, 0.2) is 5.16 Å². The molecule has 4 rings (SSSR count). The van der Waals surface area contributed by atoms with Gasteiger partial charge in [-0.25, -0.2) is 4.98 Å². The number of aromatic nitrogens is 2. The average Bonchev–Trinajstić information content (AvgIpc) is 3.27. The Morgan fingerprint density at radius 3 is 2.69 bits per heavy atom. The van der Waals surface area contributed by atoms with Gasteiger partial charge in [0.25, 0.3) is 5.56 Å². The molecule has 1 amide bonds. The first-order chi connectivity index (χ1) is 15.5. The predicted molar refractivity (Wildman–Crippen MR) is 129 cm³/mol. The molecule has 0 fully saturated rings. The van der Waals surface area contributed by atoms with E-state index < -0.39 is 0 Å². The molecule has 0 saturated heterocycles. The van der Waals surface area contributed by atoms with E-state index >= 15 is 0 Å². The molecule has 0 aliphatic carbocycles. The van der Waals surface area contributed by atoms with Crippen molar-refractivity contribution in [1.82, 2.24) is 9.55 Å². The number of amides is 1. The number of carbonyl (C=O) groups is 1. The number of thiophene rings is 1. The molecule has 0 atom stereocenters. The molecule has 0 bridgehead atoms. The van der Waals surface area contributed by atoms with Crippen molar-refractivity contribution in [1.29, 1.82) is 0 Å². The van der Waals surface area contributed by atoms with Crippen molar-refractivity contribution < 1.29 is 14.3 Å². The van der Waals surface area contributed by atoms with Gasteiger partial charge in [0.1, 0.15) is 16.2 Å². The van der Waals surface area contributed by atoms with E-state index in [1.165, 1.54) is 27.7 Å². The van der Waals surface area contributed by atoms with Gasteiger partial charge < -0.3 is 14.8 Å². The molecule has 1 N–H and O–H groups in total. The van der Waals surface area contributed by atoms with Crippen LogP contribution in [0.25, 0.3) is 15.9 Å². The van der Waals surface area contributed by atoms with Crippen LogP contribution in [0.1, 0.15) is 5.56 Å². The number of rotatable bonds is 7. The Kier molecular flexibility index (Phi) is 6.48. The molecule has 0 saturated carbocycles. The van der Waals surface area contributed by atoms with Gasteiger partial charge in [-0.15, -0.1) is 11.3 Å². The molecule has 2 aromatic heterocycles. The zero-order chi connectivity index (χ0) is 22.7. The zero-order valence-electron chi connectivity index (χ0n) is 17.7. The van der Waals surface area contributed by atoms with E-state index in [0.29, 0.717) is 38.2 Å². The minimum Gasteiger partial charge on any atom is -0.495 e. The molecule has 7 nitrogen and oxygen atoms in total. The minimum absolute atomic E-state index is 0.0638. The molecule has 0 spiro atoms. The Morgan fingerprint density at radius 1 is 1.12 bits per heavy atom. The maximum Gasteiger partial charge on any atom is 0.276 e. The lowest BCUT2D eigenvalue weighted by Gasteiger charge is -2.15. The summed E-state index contributed by atoms with van der Waals surface area (Å²) in [6, 6.07) is 14.6. The van der Waals surface area contributed by atoms with Gasteiger partial charge in [0.2, 0.25) is 5.91 Å². The number of carbonyl (C=O) groups excluding carboxylic acids is 1. The van der Waals surface area contributed by atoms with Gasteiger partial charge in [0, 0.05) is 0 Å². The third-order valence-corrected chi connectivity index (χ3v) is 6.57.